The molecular formula is C9H16NO2. The summed E-state index contributed by atoms with van der Waals surface area (Å²) in [6.45, 7) is 6.15. The average molecular weight is 170 g/mol. The Morgan fingerprint density at radius 3 is 3.08 bits per heavy atom. The number of ether oxygens (including phenoxy) is 1. The largest absolute Gasteiger partial charge is 0.456 e. The molecule has 12 heavy (non-hydrogen) atoms. The summed E-state index contributed by atoms with van der Waals surface area (Å²) in [4.78, 5) is 12.1. The molecule has 1 rings (SSSR count). The Bertz CT molecular complexity index is 138. The number of likely N-dealkylation sites (tertiary alicyclic amines) is 1. The molecule has 1 atom stereocenters. The smallest absolute Gasteiger partial charge is 0.417 e. The molecule has 0 N–H and O–H groups in total. The van der Waals surface area contributed by atoms with Crippen LogP contribution in [0.3, 0.4) is 0 Å². The lowest BCUT2D eigenvalue weighted by Gasteiger charge is -2.32. The lowest BCUT2D eigenvalue weighted by atomic mass is 10.0. The van der Waals surface area contributed by atoms with Crippen LogP contribution in [0.4, 0.5) is 0 Å². The second-order valence-corrected chi connectivity index (χ2v) is 3.31. The molecule has 1 aliphatic heterocycles. The van der Waals surface area contributed by atoms with Crippen molar-refractivity contribution < 1.29 is 9.53 Å². The molecule has 1 aliphatic rings. The minimum absolute atomic E-state index is 0.480. The van der Waals surface area contributed by atoms with Crippen molar-refractivity contribution in [2.24, 2.45) is 0 Å². The van der Waals surface area contributed by atoms with Crippen LogP contribution in [0.25, 0.3) is 0 Å². The highest BCUT2D eigenvalue weighted by atomic mass is 16.5. The van der Waals surface area contributed by atoms with Gasteiger partial charge in [-0.05, 0) is 26.3 Å². The summed E-state index contributed by atoms with van der Waals surface area (Å²) in [5, 5.41) is 0. The molecule has 69 valence electrons. The van der Waals surface area contributed by atoms with Crippen LogP contribution >= 0.6 is 0 Å². The number of carbonyl (C=O) groups excluding carboxylic acids is 1. The van der Waals surface area contributed by atoms with E-state index >= 15 is 0 Å². The summed E-state index contributed by atoms with van der Waals surface area (Å²) in [5.74, 6) is 0. The van der Waals surface area contributed by atoms with E-state index < -0.39 is 0 Å². The van der Waals surface area contributed by atoms with Crippen LogP contribution in [-0.4, -0.2) is 37.1 Å². The number of nitrogens with zero attached hydrogens (tertiary/aromatic N) is 1. The van der Waals surface area contributed by atoms with Gasteiger partial charge in [-0.2, -0.15) is 0 Å². The highest BCUT2D eigenvalue weighted by molar-refractivity contribution is 5.38. The fraction of sp³-hybridized carbons (Fsp3) is 0.889. The number of hydrogen-bond donors (Lipinski definition) is 0. The fourth-order valence-electron chi connectivity index (χ4n) is 1.69. The van der Waals surface area contributed by atoms with Gasteiger partial charge in [0.25, 0.3) is 0 Å². The zero-order chi connectivity index (χ0) is 8.81. The third-order valence-corrected chi connectivity index (χ3v) is 2.48. The molecule has 0 aromatic carbocycles. The molecule has 1 unspecified atom stereocenters. The normalized spacial score (nSPS) is 25.2. The Morgan fingerprint density at radius 2 is 2.42 bits per heavy atom. The van der Waals surface area contributed by atoms with Gasteiger partial charge in [0.2, 0.25) is 0 Å². The van der Waals surface area contributed by atoms with Crippen molar-refractivity contribution in [3.05, 3.63) is 0 Å². The van der Waals surface area contributed by atoms with Crippen LogP contribution in [0.2, 0.25) is 0 Å². The molecule has 1 heterocycles. The second kappa shape index (κ2) is 5.14. The van der Waals surface area contributed by atoms with Gasteiger partial charge in [0.15, 0.2) is 0 Å². The maximum absolute atomic E-state index is 9.76. The van der Waals surface area contributed by atoms with Crippen molar-refractivity contribution in [1.82, 2.24) is 4.90 Å². The maximum Gasteiger partial charge on any atom is 0.417 e. The second-order valence-electron chi connectivity index (χ2n) is 3.31. The van der Waals surface area contributed by atoms with Gasteiger partial charge in [-0.1, -0.05) is 6.42 Å². The first-order valence-electron chi connectivity index (χ1n) is 4.57. The van der Waals surface area contributed by atoms with Crippen molar-refractivity contribution in [3.8, 4) is 0 Å². The molecule has 0 aromatic rings. The predicted molar refractivity (Wildman–Crippen MR) is 46.5 cm³/mol. The zero-order valence-electron chi connectivity index (χ0n) is 7.58. The van der Waals surface area contributed by atoms with Gasteiger partial charge >= 0.3 is 6.47 Å². The summed E-state index contributed by atoms with van der Waals surface area (Å²) < 4.78 is 4.54. The summed E-state index contributed by atoms with van der Waals surface area (Å²) >= 11 is 0. The topological polar surface area (TPSA) is 29.5 Å². The van der Waals surface area contributed by atoms with Gasteiger partial charge < -0.3 is 4.74 Å². The van der Waals surface area contributed by atoms with Crippen LogP contribution in [0.1, 0.15) is 26.2 Å². The van der Waals surface area contributed by atoms with Crippen molar-refractivity contribution >= 4 is 6.47 Å². The van der Waals surface area contributed by atoms with Crippen LogP contribution in [0.5, 0.6) is 0 Å². The quantitative estimate of drug-likeness (QED) is 0.588. The summed E-state index contributed by atoms with van der Waals surface area (Å²) in [7, 11) is 0. The molecule has 1 radical (unpaired) electrons. The Labute approximate surface area is 73.7 Å². The number of piperidine rings is 1. The molecule has 0 saturated carbocycles. The first-order chi connectivity index (χ1) is 5.84. The molecule has 3 heteroatoms. The van der Waals surface area contributed by atoms with Crippen LogP contribution in [-0.2, 0) is 9.53 Å². The third-order valence-electron chi connectivity index (χ3n) is 2.48. The highest BCUT2D eigenvalue weighted by Crippen LogP contribution is 2.15. The molecule has 0 amide bonds. The molecule has 1 saturated heterocycles. The highest BCUT2D eigenvalue weighted by Gasteiger charge is 2.17. The molecule has 0 bridgehead atoms. The van der Waals surface area contributed by atoms with Crippen LogP contribution < -0.4 is 0 Å². The molecule has 1 fully saturated rings. The van der Waals surface area contributed by atoms with Crippen molar-refractivity contribution in [2.75, 3.05) is 19.7 Å². The summed E-state index contributed by atoms with van der Waals surface area (Å²) in [5.41, 5.74) is 0. The Balaban J connectivity index is 2.15. The minimum Gasteiger partial charge on any atom is -0.456 e. The zero-order valence-corrected chi connectivity index (χ0v) is 7.58. The Hall–Kier alpha value is -0.570. The van der Waals surface area contributed by atoms with Crippen LogP contribution in [0, 0.1) is 0 Å². The molecule has 0 aromatic heterocycles. The Morgan fingerprint density at radius 1 is 1.58 bits per heavy atom. The van der Waals surface area contributed by atoms with Gasteiger partial charge in [0, 0.05) is 12.6 Å². The lowest BCUT2D eigenvalue weighted by molar-refractivity contribution is 0.128. The lowest BCUT2D eigenvalue weighted by Crippen LogP contribution is -2.39. The van der Waals surface area contributed by atoms with Crippen molar-refractivity contribution in [3.63, 3.8) is 0 Å². The molecule has 0 aliphatic carbocycles. The van der Waals surface area contributed by atoms with Gasteiger partial charge in [-0.3, -0.25) is 4.90 Å². The average Bonchev–Trinajstić information content (AvgIpc) is 2.09. The first-order valence-corrected chi connectivity index (χ1v) is 4.57. The summed E-state index contributed by atoms with van der Waals surface area (Å²) in [6, 6.07) is 0.647. The molecular weight excluding hydrogens is 154 g/mol. The molecule has 3 nitrogen and oxygen atoms in total. The number of rotatable bonds is 4. The molecule has 0 spiro atoms. The van der Waals surface area contributed by atoms with Crippen molar-refractivity contribution in [2.45, 2.75) is 32.2 Å². The SMILES string of the molecule is CC1CCCCN1CCO[C]=O. The van der Waals surface area contributed by atoms with E-state index in [1.165, 1.54) is 25.7 Å². The monoisotopic (exact) mass is 170 g/mol. The van der Waals surface area contributed by atoms with Gasteiger partial charge in [0.05, 0.1) is 0 Å². The number of hydrogen-bond acceptors (Lipinski definition) is 3. The van der Waals surface area contributed by atoms with E-state index in [0.29, 0.717) is 12.6 Å². The van der Waals surface area contributed by atoms with E-state index in [2.05, 4.69) is 16.6 Å². The maximum atomic E-state index is 9.76. The van der Waals surface area contributed by atoms with Crippen molar-refractivity contribution in [1.29, 1.82) is 0 Å². The summed E-state index contributed by atoms with van der Waals surface area (Å²) in [6.07, 6.45) is 3.87. The first kappa shape index (κ1) is 9.52. The van der Waals surface area contributed by atoms with Crippen LogP contribution in [0.15, 0.2) is 0 Å². The van der Waals surface area contributed by atoms with Gasteiger partial charge in [-0.25, -0.2) is 4.79 Å². The Kier molecular flexibility index (Phi) is 4.08. The van der Waals surface area contributed by atoms with E-state index in [9.17, 15) is 4.79 Å². The van der Waals surface area contributed by atoms with E-state index in [1.807, 2.05) is 0 Å². The third kappa shape index (κ3) is 2.81. The minimum atomic E-state index is 0.480. The van der Waals surface area contributed by atoms with Gasteiger partial charge in [-0.15, -0.1) is 0 Å². The van der Waals surface area contributed by atoms with E-state index in [0.717, 1.165) is 13.1 Å². The standard InChI is InChI=1S/C9H16NO2/c1-9-4-2-3-5-10(9)6-7-12-8-11/h9H,2-7H2,1H3. The van der Waals surface area contributed by atoms with Gasteiger partial charge in [0.1, 0.15) is 6.61 Å². The van der Waals surface area contributed by atoms with E-state index in [4.69, 9.17) is 0 Å². The van der Waals surface area contributed by atoms with E-state index in [1.54, 1.807) is 0 Å². The fourth-order valence-corrected chi connectivity index (χ4v) is 1.69. The predicted octanol–water partition coefficient (Wildman–Crippen LogP) is 0.945. The van der Waals surface area contributed by atoms with E-state index in [-0.39, 0.29) is 0 Å².